The fraction of sp³-hybridized carbons (Fsp3) is 0.643. The van der Waals surface area contributed by atoms with Gasteiger partial charge in [-0.1, -0.05) is 0 Å². The summed E-state index contributed by atoms with van der Waals surface area (Å²) in [6.45, 7) is 1.82. The minimum absolute atomic E-state index is 0.0754. The number of aryl methyl sites for hydroxylation is 1. The van der Waals surface area contributed by atoms with E-state index in [4.69, 9.17) is 5.26 Å². The molecule has 18 heavy (non-hydrogen) atoms. The third-order valence-electron chi connectivity index (χ3n) is 3.75. The lowest BCUT2D eigenvalue weighted by Crippen LogP contribution is -2.27. The zero-order valence-electron chi connectivity index (χ0n) is 10.9. The zero-order valence-corrected chi connectivity index (χ0v) is 10.9. The van der Waals surface area contributed by atoms with Gasteiger partial charge in [0, 0.05) is 19.8 Å². The van der Waals surface area contributed by atoms with E-state index in [2.05, 4.69) is 11.4 Å². The van der Waals surface area contributed by atoms with Gasteiger partial charge in [0.2, 0.25) is 0 Å². The van der Waals surface area contributed by atoms with Gasteiger partial charge >= 0.3 is 0 Å². The van der Waals surface area contributed by atoms with Crippen LogP contribution in [0.2, 0.25) is 0 Å². The van der Waals surface area contributed by atoms with Crippen LogP contribution in [-0.2, 0) is 13.6 Å². The summed E-state index contributed by atoms with van der Waals surface area (Å²) in [5.74, 6) is 0.688. The van der Waals surface area contributed by atoms with Crippen molar-refractivity contribution in [1.29, 1.82) is 5.26 Å². The monoisotopic (exact) mass is 247 g/mol. The van der Waals surface area contributed by atoms with Gasteiger partial charge in [-0.25, -0.2) is 0 Å². The van der Waals surface area contributed by atoms with Gasteiger partial charge in [0.1, 0.15) is 11.8 Å². The molecule has 0 amide bonds. The molecule has 1 aromatic rings. The van der Waals surface area contributed by atoms with Gasteiger partial charge < -0.3 is 15.0 Å². The fourth-order valence-electron chi connectivity index (χ4n) is 2.61. The number of aromatic nitrogens is 1. The summed E-state index contributed by atoms with van der Waals surface area (Å²) in [5, 5.41) is 21.8. The zero-order chi connectivity index (χ0) is 13.0. The lowest BCUT2D eigenvalue weighted by Gasteiger charge is -2.25. The Morgan fingerprint density at radius 3 is 2.78 bits per heavy atom. The maximum Gasteiger partial charge on any atom is 0.120 e. The Morgan fingerprint density at radius 1 is 1.44 bits per heavy atom. The molecule has 98 valence electrons. The normalized spacial score (nSPS) is 23.8. The second kappa shape index (κ2) is 6.03. The van der Waals surface area contributed by atoms with Crippen LogP contribution in [0.3, 0.4) is 0 Å². The van der Waals surface area contributed by atoms with Gasteiger partial charge in [-0.2, -0.15) is 5.26 Å². The van der Waals surface area contributed by atoms with E-state index in [1.54, 1.807) is 0 Å². The molecule has 2 rings (SSSR count). The van der Waals surface area contributed by atoms with E-state index in [0.29, 0.717) is 11.6 Å². The molecule has 1 heterocycles. The summed E-state index contributed by atoms with van der Waals surface area (Å²) in [4.78, 5) is 0. The number of hydrogen-bond acceptors (Lipinski definition) is 3. The minimum atomic E-state index is -0.0754. The summed E-state index contributed by atoms with van der Waals surface area (Å²) in [5.41, 5.74) is 1.86. The highest BCUT2D eigenvalue weighted by Gasteiger charge is 2.18. The van der Waals surface area contributed by atoms with Crippen molar-refractivity contribution in [2.45, 2.75) is 38.3 Å². The predicted octanol–water partition coefficient (Wildman–Crippen LogP) is 1.54. The lowest BCUT2D eigenvalue weighted by atomic mass is 9.87. The van der Waals surface area contributed by atoms with E-state index in [9.17, 15) is 5.11 Å². The summed E-state index contributed by atoms with van der Waals surface area (Å²) in [6, 6.07) is 4.10. The minimum Gasteiger partial charge on any atom is -0.393 e. The first-order valence-corrected chi connectivity index (χ1v) is 6.63. The summed E-state index contributed by atoms with van der Waals surface area (Å²) in [6.07, 6.45) is 6.04. The molecule has 0 atom stereocenters. The summed E-state index contributed by atoms with van der Waals surface area (Å²) in [7, 11) is 1.89. The molecule has 1 fully saturated rings. The molecule has 4 nitrogen and oxygen atoms in total. The van der Waals surface area contributed by atoms with Crippen LogP contribution < -0.4 is 5.32 Å². The third-order valence-corrected chi connectivity index (χ3v) is 3.75. The number of aliphatic hydroxyl groups is 1. The molecule has 0 radical (unpaired) electrons. The van der Waals surface area contributed by atoms with E-state index in [0.717, 1.165) is 44.3 Å². The van der Waals surface area contributed by atoms with Crippen molar-refractivity contribution in [3.8, 4) is 6.07 Å². The SMILES string of the molecule is Cn1cc(CNCC2CCC(O)CC2)cc1C#N. The Morgan fingerprint density at radius 2 is 2.17 bits per heavy atom. The van der Waals surface area contributed by atoms with Gasteiger partial charge in [0.05, 0.1) is 6.10 Å². The first-order valence-electron chi connectivity index (χ1n) is 6.63. The van der Waals surface area contributed by atoms with E-state index in [1.165, 1.54) is 0 Å². The summed E-state index contributed by atoms with van der Waals surface area (Å²) < 4.78 is 1.86. The molecule has 0 saturated heterocycles. The molecule has 1 aliphatic rings. The van der Waals surface area contributed by atoms with Crippen LogP contribution >= 0.6 is 0 Å². The lowest BCUT2D eigenvalue weighted by molar-refractivity contribution is 0.108. The number of nitrogens with zero attached hydrogens (tertiary/aromatic N) is 2. The number of aliphatic hydroxyl groups excluding tert-OH is 1. The molecule has 0 aromatic carbocycles. The van der Waals surface area contributed by atoms with Gasteiger partial charge in [-0.15, -0.1) is 0 Å². The van der Waals surface area contributed by atoms with Gasteiger partial charge in [-0.05, 0) is 49.8 Å². The fourth-order valence-corrected chi connectivity index (χ4v) is 2.61. The van der Waals surface area contributed by atoms with Crippen molar-refractivity contribution >= 4 is 0 Å². The molecule has 1 aliphatic carbocycles. The average molecular weight is 247 g/mol. The number of nitrogens with one attached hydrogen (secondary N) is 1. The van der Waals surface area contributed by atoms with Crippen molar-refractivity contribution < 1.29 is 5.11 Å². The smallest absolute Gasteiger partial charge is 0.120 e. The highest BCUT2D eigenvalue weighted by molar-refractivity contribution is 5.28. The molecule has 0 spiro atoms. The third kappa shape index (κ3) is 3.34. The van der Waals surface area contributed by atoms with Crippen LogP contribution in [0.1, 0.15) is 36.9 Å². The molecule has 1 aromatic heterocycles. The standard InChI is InChI=1S/C14H21N3O/c1-17-10-12(6-13(17)7-15)9-16-8-11-2-4-14(18)5-3-11/h6,10-11,14,16,18H,2-5,8-9H2,1H3. The second-order valence-electron chi connectivity index (χ2n) is 5.26. The molecule has 2 N–H and O–H groups in total. The van der Waals surface area contributed by atoms with E-state index in [1.807, 2.05) is 23.9 Å². The van der Waals surface area contributed by atoms with Crippen molar-refractivity contribution in [3.05, 3.63) is 23.5 Å². The quantitative estimate of drug-likeness (QED) is 0.848. The average Bonchev–Trinajstić information content (AvgIpc) is 2.72. The van der Waals surface area contributed by atoms with Crippen LogP contribution in [0.4, 0.5) is 0 Å². The Balaban J connectivity index is 1.73. The van der Waals surface area contributed by atoms with Gasteiger partial charge in [-0.3, -0.25) is 0 Å². The summed E-state index contributed by atoms with van der Waals surface area (Å²) >= 11 is 0. The highest BCUT2D eigenvalue weighted by atomic mass is 16.3. The Hall–Kier alpha value is -1.31. The maximum atomic E-state index is 9.44. The second-order valence-corrected chi connectivity index (χ2v) is 5.26. The Bertz CT molecular complexity index is 425. The van der Waals surface area contributed by atoms with E-state index >= 15 is 0 Å². The molecule has 4 heteroatoms. The van der Waals surface area contributed by atoms with E-state index in [-0.39, 0.29) is 6.10 Å². The first-order chi connectivity index (χ1) is 8.69. The molecule has 0 unspecified atom stereocenters. The Kier molecular flexibility index (Phi) is 4.40. The number of rotatable bonds is 4. The molecule has 1 saturated carbocycles. The van der Waals surface area contributed by atoms with Crippen LogP contribution in [0.15, 0.2) is 12.3 Å². The largest absolute Gasteiger partial charge is 0.393 e. The topological polar surface area (TPSA) is 61.0 Å². The number of nitriles is 1. The van der Waals surface area contributed by atoms with Gasteiger partial charge in [0.15, 0.2) is 0 Å². The molecular weight excluding hydrogens is 226 g/mol. The first kappa shape index (κ1) is 13.1. The van der Waals surface area contributed by atoms with Crippen molar-refractivity contribution in [3.63, 3.8) is 0 Å². The number of hydrogen-bond donors (Lipinski definition) is 2. The van der Waals surface area contributed by atoms with Crippen LogP contribution in [0, 0.1) is 17.2 Å². The van der Waals surface area contributed by atoms with Crippen LogP contribution in [0.25, 0.3) is 0 Å². The van der Waals surface area contributed by atoms with Crippen molar-refractivity contribution in [2.24, 2.45) is 13.0 Å². The van der Waals surface area contributed by atoms with Crippen molar-refractivity contribution in [2.75, 3.05) is 6.54 Å². The molecule has 0 bridgehead atoms. The molecular formula is C14H21N3O. The molecule has 0 aliphatic heterocycles. The van der Waals surface area contributed by atoms with Crippen LogP contribution in [-0.4, -0.2) is 22.3 Å². The Labute approximate surface area is 108 Å². The van der Waals surface area contributed by atoms with Gasteiger partial charge in [0.25, 0.3) is 0 Å². The van der Waals surface area contributed by atoms with Crippen LogP contribution in [0.5, 0.6) is 0 Å². The predicted molar refractivity (Wildman–Crippen MR) is 69.8 cm³/mol. The maximum absolute atomic E-state index is 9.44. The highest BCUT2D eigenvalue weighted by Crippen LogP contribution is 2.23. The van der Waals surface area contributed by atoms with E-state index < -0.39 is 0 Å². The van der Waals surface area contributed by atoms with Crippen molar-refractivity contribution in [1.82, 2.24) is 9.88 Å².